The Balaban J connectivity index is 0.00000264. The first kappa shape index (κ1) is 20.0. The second kappa shape index (κ2) is 12.4. The molecule has 2 aromatic carbocycles. The first-order chi connectivity index (χ1) is 10.9. The van der Waals surface area contributed by atoms with Crippen LogP contribution >= 0.6 is 12.4 Å². The fourth-order valence-corrected chi connectivity index (χ4v) is 3.05. The van der Waals surface area contributed by atoms with Gasteiger partial charge in [-0.2, -0.15) is 0 Å². The van der Waals surface area contributed by atoms with Crippen LogP contribution in [0.4, 0.5) is 0 Å². The van der Waals surface area contributed by atoms with Gasteiger partial charge in [-0.1, -0.05) is 94.3 Å². The Morgan fingerprint density at radius 3 is 2.17 bits per heavy atom. The van der Waals surface area contributed by atoms with Crippen LogP contribution in [-0.2, 0) is 6.54 Å². The van der Waals surface area contributed by atoms with E-state index in [9.17, 15) is 0 Å². The van der Waals surface area contributed by atoms with Crippen LogP contribution < -0.4 is 5.32 Å². The predicted octanol–water partition coefficient (Wildman–Crippen LogP) is 6.49. The van der Waals surface area contributed by atoms with E-state index in [1.807, 2.05) is 0 Å². The fourth-order valence-electron chi connectivity index (χ4n) is 3.05. The van der Waals surface area contributed by atoms with Gasteiger partial charge in [0, 0.05) is 6.54 Å². The summed E-state index contributed by atoms with van der Waals surface area (Å²) in [6.07, 6.45) is 11.1. The normalized spacial score (nSPS) is 10.7. The highest BCUT2D eigenvalue weighted by Crippen LogP contribution is 2.18. The molecule has 0 aliphatic carbocycles. The van der Waals surface area contributed by atoms with Crippen LogP contribution in [0.25, 0.3) is 10.8 Å². The van der Waals surface area contributed by atoms with Gasteiger partial charge in [-0.3, -0.25) is 0 Å². The van der Waals surface area contributed by atoms with Crippen molar-refractivity contribution in [2.24, 2.45) is 0 Å². The average Bonchev–Trinajstić information content (AvgIpc) is 2.56. The lowest BCUT2D eigenvalue weighted by Crippen LogP contribution is -2.14. The van der Waals surface area contributed by atoms with E-state index < -0.39 is 0 Å². The molecule has 0 saturated carbocycles. The molecule has 0 fully saturated rings. The van der Waals surface area contributed by atoms with Crippen LogP contribution in [0.1, 0.15) is 63.9 Å². The zero-order valence-corrected chi connectivity index (χ0v) is 15.3. The monoisotopic (exact) mass is 333 g/mol. The fraction of sp³-hybridized carbons (Fsp3) is 0.524. The highest BCUT2D eigenvalue weighted by atomic mass is 35.5. The summed E-state index contributed by atoms with van der Waals surface area (Å²) in [5.41, 5.74) is 1.41. The SMILES string of the molecule is CCCCCCCCCCNCc1cccc2ccccc12.Cl. The van der Waals surface area contributed by atoms with Crippen LogP contribution in [0.15, 0.2) is 42.5 Å². The smallest absolute Gasteiger partial charge is 0.0211 e. The zero-order valence-electron chi connectivity index (χ0n) is 14.5. The number of fused-ring (bicyclic) bond motifs is 1. The van der Waals surface area contributed by atoms with E-state index in [2.05, 4.69) is 54.7 Å². The van der Waals surface area contributed by atoms with Crippen molar-refractivity contribution in [2.75, 3.05) is 6.54 Å². The Hall–Kier alpha value is -1.05. The maximum absolute atomic E-state index is 3.61. The first-order valence-corrected chi connectivity index (χ1v) is 9.09. The third-order valence-corrected chi connectivity index (χ3v) is 4.40. The van der Waals surface area contributed by atoms with Gasteiger partial charge >= 0.3 is 0 Å². The molecule has 0 radical (unpaired) electrons. The largest absolute Gasteiger partial charge is 0.313 e. The quantitative estimate of drug-likeness (QED) is 0.463. The van der Waals surface area contributed by atoms with Gasteiger partial charge in [0.05, 0.1) is 0 Å². The standard InChI is InChI=1S/C21H31N.ClH/c1-2-3-4-5-6-7-8-11-17-22-18-20-15-12-14-19-13-9-10-16-21(19)20;/h9-10,12-16,22H,2-8,11,17-18H2,1H3;1H. The number of nitrogens with one attached hydrogen (secondary N) is 1. The number of unbranched alkanes of at least 4 members (excludes halogenated alkanes) is 7. The van der Waals surface area contributed by atoms with Crippen molar-refractivity contribution in [3.05, 3.63) is 48.0 Å². The summed E-state index contributed by atoms with van der Waals surface area (Å²) in [5.74, 6) is 0. The van der Waals surface area contributed by atoms with Crippen molar-refractivity contribution < 1.29 is 0 Å². The Kier molecular flexibility index (Phi) is 10.8. The molecule has 0 aromatic heterocycles. The number of hydrogen-bond acceptors (Lipinski definition) is 1. The molecule has 0 aliphatic rings. The molecule has 0 amide bonds. The maximum atomic E-state index is 3.61. The van der Waals surface area contributed by atoms with Crippen molar-refractivity contribution in [1.29, 1.82) is 0 Å². The molecule has 2 rings (SSSR count). The third-order valence-electron chi connectivity index (χ3n) is 4.40. The van der Waals surface area contributed by atoms with Gasteiger partial charge in [0.25, 0.3) is 0 Å². The van der Waals surface area contributed by atoms with Gasteiger partial charge in [-0.05, 0) is 29.3 Å². The van der Waals surface area contributed by atoms with E-state index >= 15 is 0 Å². The lowest BCUT2D eigenvalue weighted by molar-refractivity contribution is 0.555. The summed E-state index contributed by atoms with van der Waals surface area (Å²) in [5, 5.41) is 6.33. The van der Waals surface area contributed by atoms with Crippen molar-refractivity contribution in [1.82, 2.24) is 5.32 Å². The molecule has 0 unspecified atom stereocenters. The van der Waals surface area contributed by atoms with Crippen LogP contribution in [0, 0.1) is 0 Å². The van der Waals surface area contributed by atoms with E-state index in [4.69, 9.17) is 0 Å². The van der Waals surface area contributed by atoms with Gasteiger partial charge in [-0.25, -0.2) is 0 Å². The van der Waals surface area contributed by atoms with Crippen LogP contribution in [0.2, 0.25) is 0 Å². The van der Waals surface area contributed by atoms with E-state index in [1.165, 1.54) is 67.7 Å². The summed E-state index contributed by atoms with van der Waals surface area (Å²) >= 11 is 0. The molecule has 0 bridgehead atoms. The molecule has 128 valence electrons. The third kappa shape index (κ3) is 7.37. The summed E-state index contributed by atoms with van der Waals surface area (Å²) in [4.78, 5) is 0. The lowest BCUT2D eigenvalue weighted by atomic mass is 10.0. The molecule has 0 saturated heterocycles. The second-order valence-corrected chi connectivity index (χ2v) is 6.29. The summed E-state index contributed by atoms with van der Waals surface area (Å²) in [6.45, 7) is 4.40. The minimum Gasteiger partial charge on any atom is -0.313 e. The van der Waals surface area contributed by atoms with Crippen molar-refractivity contribution in [2.45, 2.75) is 64.8 Å². The molecular weight excluding hydrogens is 302 g/mol. The van der Waals surface area contributed by atoms with Gasteiger partial charge in [0.1, 0.15) is 0 Å². The number of hydrogen-bond donors (Lipinski definition) is 1. The first-order valence-electron chi connectivity index (χ1n) is 9.09. The Morgan fingerprint density at radius 2 is 1.39 bits per heavy atom. The molecule has 2 aromatic rings. The Bertz CT molecular complexity index is 533. The van der Waals surface area contributed by atoms with Gasteiger partial charge in [-0.15, -0.1) is 12.4 Å². The molecule has 1 nitrogen and oxygen atoms in total. The van der Waals surface area contributed by atoms with Crippen LogP contribution in [0.5, 0.6) is 0 Å². The highest BCUT2D eigenvalue weighted by Gasteiger charge is 1.99. The lowest BCUT2D eigenvalue weighted by Gasteiger charge is -2.08. The van der Waals surface area contributed by atoms with Crippen molar-refractivity contribution in [3.63, 3.8) is 0 Å². The Labute approximate surface area is 148 Å². The van der Waals surface area contributed by atoms with Crippen molar-refractivity contribution >= 4 is 23.2 Å². The number of halogens is 1. The van der Waals surface area contributed by atoms with Gasteiger partial charge in [0.2, 0.25) is 0 Å². The number of benzene rings is 2. The summed E-state index contributed by atoms with van der Waals surface area (Å²) in [6, 6.07) is 15.3. The van der Waals surface area contributed by atoms with Gasteiger partial charge < -0.3 is 5.32 Å². The van der Waals surface area contributed by atoms with E-state index in [0.29, 0.717) is 0 Å². The molecule has 0 heterocycles. The summed E-state index contributed by atoms with van der Waals surface area (Å²) in [7, 11) is 0. The maximum Gasteiger partial charge on any atom is 0.0211 e. The Morgan fingerprint density at radius 1 is 0.739 bits per heavy atom. The molecule has 2 heteroatoms. The summed E-state index contributed by atoms with van der Waals surface area (Å²) < 4.78 is 0. The molecule has 23 heavy (non-hydrogen) atoms. The molecule has 0 aliphatic heterocycles. The highest BCUT2D eigenvalue weighted by molar-refractivity contribution is 5.85. The number of rotatable bonds is 11. The van der Waals surface area contributed by atoms with Crippen LogP contribution in [-0.4, -0.2) is 6.54 Å². The zero-order chi connectivity index (χ0) is 15.5. The average molecular weight is 334 g/mol. The van der Waals surface area contributed by atoms with E-state index in [-0.39, 0.29) is 12.4 Å². The van der Waals surface area contributed by atoms with E-state index in [1.54, 1.807) is 0 Å². The van der Waals surface area contributed by atoms with Crippen LogP contribution in [0.3, 0.4) is 0 Å². The molecular formula is C21H32ClN. The minimum atomic E-state index is 0. The molecule has 0 atom stereocenters. The second-order valence-electron chi connectivity index (χ2n) is 6.29. The molecule has 1 N–H and O–H groups in total. The van der Waals surface area contributed by atoms with Crippen molar-refractivity contribution in [3.8, 4) is 0 Å². The molecule has 0 spiro atoms. The van der Waals surface area contributed by atoms with Gasteiger partial charge in [0.15, 0.2) is 0 Å². The minimum absolute atomic E-state index is 0. The topological polar surface area (TPSA) is 12.0 Å². The van der Waals surface area contributed by atoms with E-state index in [0.717, 1.165) is 13.1 Å². The predicted molar refractivity (Wildman–Crippen MR) is 106 cm³/mol.